The highest BCUT2D eigenvalue weighted by Gasteiger charge is 2.28. The van der Waals surface area contributed by atoms with E-state index in [2.05, 4.69) is 20.8 Å². The summed E-state index contributed by atoms with van der Waals surface area (Å²) < 4.78 is 0. The number of rotatable bonds is 9. The molecule has 2 atom stereocenters. The third kappa shape index (κ3) is 6.22. The Bertz CT molecular complexity index is 146. The van der Waals surface area contributed by atoms with Gasteiger partial charge in [0.25, 0.3) is 0 Å². The van der Waals surface area contributed by atoms with Crippen molar-refractivity contribution in [3.8, 4) is 0 Å². The Hall–Kier alpha value is 0. The summed E-state index contributed by atoms with van der Waals surface area (Å²) in [5.41, 5.74) is 0. The quantitative estimate of drug-likeness (QED) is 0.446. The topological polar surface area (TPSA) is 0 Å². The van der Waals surface area contributed by atoms with Gasteiger partial charge in [0, 0.05) is 0 Å². The fourth-order valence-corrected chi connectivity index (χ4v) is 2.71. The Balaban J connectivity index is 1.90. The average Bonchev–Trinajstić information content (AvgIpc) is 3.00. The minimum absolute atomic E-state index is 0.974. The Morgan fingerprint density at radius 2 is 1.67 bits per heavy atom. The summed E-state index contributed by atoms with van der Waals surface area (Å²) >= 11 is 0. The Morgan fingerprint density at radius 3 is 2.27 bits per heavy atom. The van der Waals surface area contributed by atoms with E-state index in [-0.39, 0.29) is 0 Å². The summed E-state index contributed by atoms with van der Waals surface area (Å²) in [6, 6.07) is 0. The van der Waals surface area contributed by atoms with E-state index in [0.717, 1.165) is 17.8 Å². The largest absolute Gasteiger partial charge is 0.0654 e. The summed E-state index contributed by atoms with van der Waals surface area (Å²) in [4.78, 5) is 0. The van der Waals surface area contributed by atoms with Crippen LogP contribution < -0.4 is 0 Å². The maximum atomic E-state index is 2.46. The van der Waals surface area contributed by atoms with Crippen molar-refractivity contribution in [1.29, 1.82) is 0 Å². The summed E-state index contributed by atoms with van der Waals surface area (Å²) in [5, 5.41) is 0. The van der Waals surface area contributed by atoms with Gasteiger partial charge in [-0.2, -0.15) is 0 Å². The molecular formula is C15H30. The number of hydrogen-bond donors (Lipinski definition) is 0. The van der Waals surface area contributed by atoms with Gasteiger partial charge >= 0.3 is 0 Å². The van der Waals surface area contributed by atoms with Gasteiger partial charge < -0.3 is 0 Å². The van der Waals surface area contributed by atoms with Gasteiger partial charge in [0.1, 0.15) is 0 Å². The maximum Gasteiger partial charge on any atom is -0.0388 e. The monoisotopic (exact) mass is 210 g/mol. The lowest BCUT2D eigenvalue weighted by molar-refractivity contribution is 0.354. The van der Waals surface area contributed by atoms with Gasteiger partial charge in [-0.1, -0.05) is 59.3 Å². The molecule has 1 fully saturated rings. The molecule has 1 rings (SSSR count). The first-order chi connectivity index (χ1) is 7.24. The molecule has 0 heteroatoms. The first kappa shape index (κ1) is 13.1. The van der Waals surface area contributed by atoms with E-state index in [1.54, 1.807) is 0 Å². The molecule has 0 spiro atoms. The fraction of sp³-hybridized carbons (Fsp3) is 1.00. The van der Waals surface area contributed by atoms with E-state index >= 15 is 0 Å². The fourth-order valence-electron chi connectivity index (χ4n) is 2.71. The summed E-state index contributed by atoms with van der Waals surface area (Å²) in [5.74, 6) is 3.09. The van der Waals surface area contributed by atoms with Gasteiger partial charge in [0.2, 0.25) is 0 Å². The number of hydrogen-bond acceptors (Lipinski definition) is 0. The second kappa shape index (κ2) is 7.30. The predicted octanol–water partition coefficient (Wildman–Crippen LogP) is 5.42. The summed E-state index contributed by atoms with van der Waals surface area (Å²) in [6.07, 6.45) is 13.2. The molecule has 0 amide bonds. The molecule has 0 N–H and O–H groups in total. The van der Waals surface area contributed by atoms with Crippen LogP contribution in [-0.2, 0) is 0 Å². The highest BCUT2D eigenvalue weighted by Crippen LogP contribution is 2.39. The second-order valence-electron chi connectivity index (χ2n) is 5.86. The molecule has 1 aliphatic rings. The minimum atomic E-state index is 0.974. The van der Waals surface area contributed by atoms with Crippen LogP contribution in [0.2, 0.25) is 0 Å². The van der Waals surface area contributed by atoms with Crippen molar-refractivity contribution in [2.24, 2.45) is 17.8 Å². The summed E-state index contributed by atoms with van der Waals surface area (Å²) in [7, 11) is 0. The van der Waals surface area contributed by atoms with E-state index in [0.29, 0.717) is 0 Å². The first-order valence-corrected chi connectivity index (χ1v) is 7.24. The van der Waals surface area contributed by atoms with E-state index in [1.165, 1.54) is 57.8 Å². The zero-order valence-corrected chi connectivity index (χ0v) is 11.1. The predicted molar refractivity (Wildman–Crippen MR) is 69.0 cm³/mol. The normalized spacial score (nSPS) is 20.2. The molecule has 0 nitrogen and oxygen atoms in total. The van der Waals surface area contributed by atoms with Crippen molar-refractivity contribution in [3.63, 3.8) is 0 Å². The molecule has 0 radical (unpaired) electrons. The van der Waals surface area contributed by atoms with Crippen LogP contribution in [0.3, 0.4) is 0 Å². The Morgan fingerprint density at radius 1 is 1.00 bits per heavy atom. The molecule has 0 saturated heterocycles. The molecule has 1 saturated carbocycles. The molecule has 1 aliphatic carbocycles. The van der Waals surface area contributed by atoms with E-state index in [9.17, 15) is 0 Å². The van der Waals surface area contributed by atoms with Crippen molar-refractivity contribution >= 4 is 0 Å². The van der Waals surface area contributed by atoms with Crippen LogP contribution in [0.4, 0.5) is 0 Å². The standard InChI is InChI=1S/C15H30/c1-4-5-6-7-8-9-13(2)12-14(3)15-10-11-15/h13-15H,4-12H2,1-3H3. The van der Waals surface area contributed by atoms with E-state index in [4.69, 9.17) is 0 Å². The van der Waals surface area contributed by atoms with Crippen LogP contribution in [0, 0.1) is 17.8 Å². The highest BCUT2D eigenvalue weighted by atomic mass is 14.3. The molecule has 0 bridgehead atoms. The van der Waals surface area contributed by atoms with Gasteiger partial charge in [-0.3, -0.25) is 0 Å². The second-order valence-corrected chi connectivity index (χ2v) is 5.86. The van der Waals surface area contributed by atoms with Crippen LogP contribution in [0.5, 0.6) is 0 Å². The Labute approximate surface area is 96.8 Å². The third-order valence-electron chi connectivity index (χ3n) is 4.00. The molecule has 2 unspecified atom stereocenters. The van der Waals surface area contributed by atoms with Gasteiger partial charge in [-0.05, 0) is 37.0 Å². The lowest BCUT2D eigenvalue weighted by Crippen LogP contribution is -2.05. The zero-order valence-electron chi connectivity index (χ0n) is 11.1. The lowest BCUT2D eigenvalue weighted by Gasteiger charge is -2.16. The van der Waals surface area contributed by atoms with Gasteiger partial charge in [0.05, 0.1) is 0 Å². The molecule has 0 aromatic carbocycles. The SMILES string of the molecule is CCCCCCCC(C)CC(C)C1CC1. The van der Waals surface area contributed by atoms with Crippen molar-refractivity contribution in [3.05, 3.63) is 0 Å². The summed E-state index contributed by atoms with van der Waals surface area (Å²) in [6.45, 7) is 7.21. The Kier molecular flexibility index (Phi) is 6.36. The van der Waals surface area contributed by atoms with E-state index in [1.807, 2.05) is 0 Å². The van der Waals surface area contributed by atoms with E-state index < -0.39 is 0 Å². The van der Waals surface area contributed by atoms with Crippen LogP contribution in [-0.4, -0.2) is 0 Å². The smallest absolute Gasteiger partial charge is 0.0388 e. The molecule has 0 aromatic rings. The van der Waals surface area contributed by atoms with Crippen molar-refractivity contribution in [1.82, 2.24) is 0 Å². The van der Waals surface area contributed by atoms with Crippen molar-refractivity contribution in [2.45, 2.75) is 78.6 Å². The van der Waals surface area contributed by atoms with Crippen molar-refractivity contribution < 1.29 is 0 Å². The van der Waals surface area contributed by atoms with Gasteiger partial charge in [0.15, 0.2) is 0 Å². The van der Waals surface area contributed by atoms with Crippen LogP contribution >= 0.6 is 0 Å². The zero-order chi connectivity index (χ0) is 11.1. The highest BCUT2D eigenvalue weighted by molar-refractivity contribution is 4.79. The molecule has 0 aliphatic heterocycles. The third-order valence-corrected chi connectivity index (χ3v) is 4.00. The van der Waals surface area contributed by atoms with Crippen molar-refractivity contribution in [2.75, 3.05) is 0 Å². The van der Waals surface area contributed by atoms with Crippen LogP contribution in [0.25, 0.3) is 0 Å². The first-order valence-electron chi connectivity index (χ1n) is 7.24. The molecular weight excluding hydrogens is 180 g/mol. The van der Waals surface area contributed by atoms with Gasteiger partial charge in [-0.25, -0.2) is 0 Å². The van der Waals surface area contributed by atoms with Gasteiger partial charge in [-0.15, -0.1) is 0 Å². The molecule has 0 aromatic heterocycles. The van der Waals surface area contributed by atoms with Crippen LogP contribution in [0.15, 0.2) is 0 Å². The average molecular weight is 210 g/mol. The number of unbranched alkanes of at least 4 members (excludes halogenated alkanes) is 4. The minimum Gasteiger partial charge on any atom is -0.0654 e. The molecule has 0 heterocycles. The molecule has 15 heavy (non-hydrogen) atoms. The van der Waals surface area contributed by atoms with Crippen LogP contribution in [0.1, 0.15) is 78.6 Å². The maximum absolute atomic E-state index is 2.46. The lowest BCUT2D eigenvalue weighted by atomic mass is 9.90. The molecule has 90 valence electrons.